The van der Waals surface area contributed by atoms with Crippen molar-refractivity contribution in [2.45, 2.75) is 46.3 Å². The van der Waals surface area contributed by atoms with E-state index < -0.39 is 5.60 Å². The smallest absolute Gasteiger partial charge is 0.251 e. The van der Waals surface area contributed by atoms with E-state index in [1.54, 1.807) is 0 Å². The Morgan fingerprint density at radius 1 is 1.33 bits per heavy atom. The summed E-state index contributed by atoms with van der Waals surface area (Å²) >= 11 is 0. The van der Waals surface area contributed by atoms with Crippen LogP contribution in [0.3, 0.4) is 0 Å². The van der Waals surface area contributed by atoms with E-state index in [1.807, 2.05) is 20.8 Å². The molecule has 0 aromatic heterocycles. The molecule has 0 unspecified atom stereocenters. The molecule has 12 heavy (non-hydrogen) atoms. The summed E-state index contributed by atoms with van der Waals surface area (Å²) in [5, 5.41) is 12.0. The quantitative estimate of drug-likeness (QED) is 0.666. The largest absolute Gasteiger partial charge is 0.381 e. The van der Waals surface area contributed by atoms with Gasteiger partial charge >= 0.3 is 0 Å². The van der Waals surface area contributed by atoms with Gasteiger partial charge in [-0.25, -0.2) is 0 Å². The summed E-state index contributed by atoms with van der Waals surface area (Å²) in [6.07, 6.45) is 0. The molecule has 72 valence electrons. The lowest BCUT2D eigenvalue weighted by atomic mass is 10.0. The van der Waals surface area contributed by atoms with Crippen molar-refractivity contribution in [3.8, 4) is 0 Å². The molecule has 1 atom stereocenters. The molecule has 0 aliphatic rings. The summed E-state index contributed by atoms with van der Waals surface area (Å²) in [6.45, 7) is 8.93. The van der Waals surface area contributed by atoms with Gasteiger partial charge in [-0.2, -0.15) is 0 Å². The van der Waals surface area contributed by atoms with Crippen LogP contribution in [-0.2, 0) is 4.79 Å². The van der Waals surface area contributed by atoms with E-state index in [4.69, 9.17) is 0 Å². The number of aliphatic hydroxyl groups is 1. The predicted molar refractivity (Wildman–Crippen MR) is 48.7 cm³/mol. The maximum atomic E-state index is 11.2. The first-order valence-electron chi connectivity index (χ1n) is 4.28. The number of nitrogens with one attached hydrogen (secondary N) is 1. The minimum Gasteiger partial charge on any atom is -0.381 e. The highest BCUT2D eigenvalue weighted by molar-refractivity contribution is 5.84. The summed E-state index contributed by atoms with van der Waals surface area (Å²) in [5.74, 6) is 0.0694. The number of carbonyl (C=O) groups excluding carboxylic acids is 1. The van der Waals surface area contributed by atoms with Gasteiger partial charge in [0, 0.05) is 6.04 Å². The second-order valence-electron chi connectivity index (χ2n) is 4.07. The third-order valence-electron chi connectivity index (χ3n) is 1.91. The highest BCUT2D eigenvalue weighted by Crippen LogP contribution is 2.04. The SMILES string of the molecule is CC(C)[C@@H](C)NC(=O)C(C)(C)O. The molecule has 0 fully saturated rings. The van der Waals surface area contributed by atoms with E-state index in [-0.39, 0.29) is 11.9 Å². The van der Waals surface area contributed by atoms with Crippen molar-refractivity contribution in [3.63, 3.8) is 0 Å². The summed E-state index contributed by atoms with van der Waals surface area (Å²) in [7, 11) is 0. The van der Waals surface area contributed by atoms with Gasteiger partial charge in [-0.05, 0) is 26.7 Å². The van der Waals surface area contributed by atoms with E-state index in [9.17, 15) is 9.90 Å². The fourth-order valence-corrected chi connectivity index (χ4v) is 0.550. The first-order chi connectivity index (χ1) is 5.25. The van der Waals surface area contributed by atoms with Crippen molar-refractivity contribution in [2.24, 2.45) is 5.92 Å². The molecule has 3 nitrogen and oxygen atoms in total. The molecule has 0 spiro atoms. The van der Waals surface area contributed by atoms with Crippen LogP contribution in [0.1, 0.15) is 34.6 Å². The van der Waals surface area contributed by atoms with Crippen molar-refractivity contribution in [3.05, 3.63) is 0 Å². The van der Waals surface area contributed by atoms with Gasteiger partial charge in [0.2, 0.25) is 0 Å². The van der Waals surface area contributed by atoms with E-state index in [2.05, 4.69) is 5.32 Å². The van der Waals surface area contributed by atoms with Crippen LogP contribution >= 0.6 is 0 Å². The molecule has 0 saturated heterocycles. The van der Waals surface area contributed by atoms with Crippen LogP contribution in [-0.4, -0.2) is 22.7 Å². The molecule has 0 bridgehead atoms. The Morgan fingerprint density at radius 2 is 1.75 bits per heavy atom. The van der Waals surface area contributed by atoms with Crippen molar-refractivity contribution < 1.29 is 9.90 Å². The number of hydrogen-bond acceptors (Lipinski definition) is 2. The Hall–Kier alpha value is -0.570. The van der Waals surface area contributed by atoms with Gasteiger partial charge in [0.05, 0.1) is 0 Å². The van der Waals surface area contributed by atoms with Gasteiger partial charge in [-0.3, -0.25) is 4.79 Å². The highest BCUT2D eigenvalue weighted by atomic mass is 16.3. The molecular formula is C9H19NO2. The zero-order valence-electron chi connectivity index (χ0n) is 8.51. The summed E-state index contributed by atoms with van der Waals surface area (Å²) in [6, 6.07) is 0.101. The lowest BCUT2D eigenvalue weighted by Gasteiger charge is -2.23. The van der Waals surface area contributed by atoms with Crippen LogP contribution in [0.25, 0.3) is 0 Å². The van der Waals surface area contributed by atoms with Crippen molar-refractivity contribution in [2.75, 3.05) is 0 Å². The van der Waals surface area contributed by atoms with E-state index >= 15 is 0 Å². The fourth-order valence-electron chi connectivity index (χ4n) is 0.550. The van der Waals surface area contributed by atoms with Gasteiger partial charge in [0.15, 0.2) is 0 Å². The minimum absolute atomic E-state index is 0.101. The number of amides is 1. The molecule has 0 rings (SSSR count). The van der Waals surface area contributed by atoms with Gasteiger partial charge < -0.3 is 10.4 Å². The highest BCUT2D eigenvalue weighted by Gasteiger charge is 2.25. The van der Waals surface area contributed by atoms with Crippen LogP contribution in [0.15, 0.2) is 0 Å². The maximum absolute atomic E-state index is 11.2. The standard InChI is InChI=1S/C9H19NO2/c1-6(2)7(3)10-8(11)9(4,5)12/h6-7,12H,1-5H3,(H,10,11)/t7-/m1/s1. The Balaban J connectivity index is 4.02. The minimum atomic E-state index is -1.27. The lowest BCUT2D eigenvalue weighted by molar-refractivity contribution is -0.137. The fraction of sp³-hybridized carbons (Fsp3) is 0.889. The first-order valence-corrected chi connectivity index (χ1v) is 4.28. The first kappa shape index (κ1) is 11.4. The van der Waals surface area contributed by atoms with Gasteiger partial charge in [0.1, 0.15) is 5.60 Å². The maximum Gasteiger partial charge on any atom is 0.251 e. The number of rotatable bonds is 3. The average molecular weight is 173 g/mol. The van der Waals surface area contributed by atoms with E-state index in [0.29, 0.717) is 5.92 Å². The van der Waals surface area contributed by atoms with Gasteiger partial charge in [0.25, 0.3) is 5.91 Å². The van der Waals surface area contributed by atoms with Gasteiger partial charge in [-0.15, -0.1) is 0 Å². The summed E-state index contributed by atoms with van der Waals surface area (Å²) in [5.41, 5.74) is -1.27. The summed E-state index contributed by atoms with van der Waals surface area (Å²) in [4.78, 5) is 11.2. The predicted octanol–water partition coefficient (Wildman–Crippen LogP) is 0.918. The topological polar surface area (TPSA) is 49.3 Å². The lowest BCUT2D eigenvalue weighted by Crippen LogP contribution is -2.47. The number of hydrogen-bond donors (Lipinski definition) is 2. The average Bonchev–Trinajstić information content (AvgIpc) is 1.85. The van der Waals surface area contributed by atoms with Crippen LogP contribution in [0.4, 0.5) is 0 Å². The Labute approximate surface area is 74.2 Å². The third kappa shape index (κ3) is 3.72. The van der Waals surface area contributed by atoms with Crippen LogP contribution in [0, 0.1) is 5.92 Å². The Morgan fingerprint density at radius 3 is 2.00 bits per heavy atom. The third-order valence-corrected chi connectivity index (χ3v) is 1.91. The molecular weight excluding hydrogens is 154 g/mol. The van der Waals surface area contributed by atoms with Crippen molar-refractivity contribution >= 4 is 5.91 Å². The molecule has 2 N–H and O–H groups in total. The molecule has 0 heterocycles. The second-order valence-corrected chi connectivity index (χ2v) is 4.07. The van der Waals surface area contributed by atoms with Crippen molar-refractivity contribution in [1.82, 2.24) is 5.32 Å². The van der Waals surface area contributed by atoms with Crippen molar-refractivity contribution in [1.29, 1.82) is 0 Å². The zero-order chi connectivity index (χ0) is 9.94. The Bertz CT molecular complexity index is 158. The molecule has 0 radical (unpaired) electrons. The van der Waals surface area contributed by atoms with Crippen LogP contribution in [0.2, 0.25) is 0 Å². The normalized spacial score (nSPS) is 14.6. The van der Waals surface area contributed by atoms with Gasteiger partial charge in [-0.1, -0.05) is 13.8 Å². The van der Waals surface area contributed by atoms with E-state index in [0.717, 1.165) is 0 Å². The van der Waals surface area contributed by atoms with E-state index in [1.165, 1.54) is 13.8 Å². The molecule has 0 aromatic rings. The Kier molecular flexibility index (Phi) is 3.71. The molecule has 1 amide bonds. The molecule has 3 heteroatoms. The second kappa shape index (κ2) is 3.90. The molecule has 0 aliphatic carbocycles. The molecule has 0 saturated carbocycles. The molecule has 0 aliphatic heterocycles. The number of carbonyl (C=O) groups is 1. The monoisotopic (exact) mass is 173 g/mol. The zero-order valence-corrected chi connectivity index (χ0v) is 8.51. The van der Waals surface area contributed by atoms with Crippen LogP contribution in [0.5, 0.6) is 0 Å². The van der Waals surface area contributed by atoms with Crippen LogP contribution < -0.4 is 5.32 Å². The summed E-state index contributed by atoms with van der Waals surface area (Å²) < 4.78 is 0. The molecule has 0 aromatic carbocycles.